The van der Waals surface area contributed by atoms with Gasteiger partial charge in [-0.05, 0) is 30.7 Å². The monoisotopic (exact) mass is 446 g/mol. The SMILES string of the molecule is C[C@@]1(COC(=O)Cc2ccccc2)S[C@@H]2/C(=C\c3ccccn3)C(=O)N2[C@H]1C(=O)[O-].[Na+]. The number of thioether (sulfide) groups is 1. The number of pyridine rings is 1. The minimum Gasteiger partial charge on any atom is -0.548 e. The van der Waals surface area contributed by atoms with Crippen LogP contribution in [0.25, 0.3) is 6.08 Å². The molecule has 9 heteroatoms. The number of rotatable bonds is 6. The van der Waals surface area contributed by atoms with Crippen LogP contribution in [0.15, 0.2) is 60.3 Å². The summed E-state index contributed by atoms with van der Waals surface area (Å²) in [6.07, 6.45) is 3.37. The molecule has 4 rings (SSSR count). The van der Waals surface area contributed by atoms with Crippen molar-refractivity contribution in [3.63, 3.8) is 0 Å². The van der Waals surface area contributed by atoms with Gasteiger partial charge in [0.05, 0.1) is 34.4 Å². The van der Waals surface area contributed by atoms with E-state index in [0.717, 1.165) is 5.56 Å². The molecule has 154 valence electrons. The second-order valence-corrected chi connectivity index (χ2v) is 9.01. The summed E-state index contributed by atoms with van der Waals surface area (Å²) < 4.78 is 4.38. The maximum atomic E-state index is 12.6. The molecule has 1 amide bonds. The Balaban J connectivity index is 0.00000272. The molecule has 2 aliphatic rings. The van der Waals surface area contributed by atoms with E-state index in [1.54, 1.807) is 31.3 Å². The van der Waals surface area contributed by atoms with Crippen LogP contribution >= 0.6 is 11.8 Å². The van der Waals surface area contributed by atoms with Crippen molar-refractivity contribution in [3.05, 3.63) is 71.6 Å². The third kappa shape index (κ3) is 4.72. The zero-order chi connectivity index (χ0) is 21.3. The predicted octanol–water partition coefficient (Wildman–Crippen LogP) is -1.95. The third-order valence-corrected chi connectivity index (χ3v) is 6.75. The van der Waals surface area contributed by atoms with Crippen molar-refractivity contribution in [1.29, 1.82) is 0 Å². The van der Waals surface area contributed by atoms with Gasteiger partial charge in [-0.3, -0.25) is 14.6 Å². The topological polar surface area (TPSA) is 99.6 Å². The first kappa shape index (κ1) is 23.5. The molecule has 0 N–H and O–H groups in total. The average Bonchev–Trinajstić information content (AvgIpc) is 3.02. The van der Waals surface area contributed by atoms with Crippen LogP contribution in [0.3, 0.4) is 0 Å². The third-order valence-electron chi connectivity index (χ3n) is 5.16. The number of carbonyl (C=O) groups is 3. The second-order valence-electron chi connectivity index (χ2n) is 7.39. The largest absolute Gasteiger partial charge is 1.00 e. The number of carboxylic acids is 1. The Labute approximate surface area is 206 Å². The number of hydrogen-bond donors (Lipinski definition) is 0. The fourth-order valence-corrected chi connectivity index (χ4v) is 5.30. The van der Waals surface area contributed by atoms with E-state index in [1.165, 1.54) is 16.7 Å². The quantitative estimate of drug-likeness (QED) is 0.220. The molecule has 31 heavy (non-hydrogen) atoms. The summed E-state index contributed by atoms with van der Waals surface area (Å²) in [6.45, 7) is 1.54. The van der Waals surface area contributed by atoms with Crippen molar-refractivity contribution in [2.75, 3.05) is 6.61 Å². The van der Waals surface area contributed by atoms with Crippen LogP contribution in [0.1, 0.15) is 18.2 Å². The number of benzene rings is 1. The molecule has 0 spiro atoms. The zero-order valence-corrected chi connectivity index (χ0v) is 20.0. The number of β-lactam (4-membered cyclic amide) rings is 1. The number of ether oxygens (including phenoxy) is 1. The van der Waals surface area contributed by atoms with Gasteiger partial charge in [-0.25, -0.2) is 0 Å². The van der Waals surface area contributed by atoms with Gasteiger partial charge in [0, 0.05) is 6.20 Å². The molecule has 0 radical (unpaired) electrons. The number of esters is 1. The summed E-state index contributed by atoms with van der Waals surface area (Å²) in [6, 6.07) is 13.3. The van der Waals surface area contributed by atoms with Gasteiger partial charge in [-0.2, -0.15) is 0 Å². The van der Waals surface area contributed by atoms with Crippen LogP contribution in [-0.2, 0) is 25.5 Å². The van der Waals surface area contributed by atoms with E-state index in [4.69, 9.17) is 4.74 Å². The van der Waals surface area contributed by atoms with Crippen molar-refractivity contribution >= 4 is 35.7 Å². The van der Waals surface area contributed by atoms with E-state index >= 15 is 0 Å². The number of amides is 1. The van der Waals surface area contributed by atoms with Crippen molar-refractivity contribution in [3.8, 4) is 0 Å². The van der Waals surface area contributed by atoms with E-state index in [1.807, 2.05) is 36.4 Å². The van der Waals surface area contributed by atoms with Crippen molar-refractivity contribution < 1.29 is 53.8 Å². The molecule has 3 heterocycles. The molecule has 7 nitrogen and oxygen atoms in total. The number of carbonyl (C=O) groups excluding carboxylic acids is 3. The molecule has 3 atom stereocenters. The Hall–Kier alpha value is -2.13. The Morgan fingerprint density at radius 1 is 1.23 bits per heavy atom. The number of aromatic nitrogens is 1. The summed E-state index contributed by atoms with van der Waals surface area (Å²) in [5.41, 5.74) is 1.90. The van der Waals surface area contributed by atoms with E-state index in [9.17, 15) is 19.5 Å². The van der Waals surface area contributed by atoms with Crippen molar-refractivity contribution in [2.24, 2.45) is 0 Å². The Morgan fingerprint density at radius 3 is 2.58 bits per heavy atom. The molecule has 2 saturated heterocycles. The first-order valence-electron chi connectivity index (χ1n) is 9.42. The van der Waals surface area contributed by atoms with Crippen LogP contribution in [-0.4, -0.2) is 50.5 Å². The first-order valence-corrected chi connectivity index (χ1v) is 10.3. The van der Waals surface area contributed by atoms with Crippen molar-refractivity contribution in [2.45, 2.75) is 29.5 Å². The van der Waals surface area contributed by atoms with Gasteiger partial charge in [0.15, 0.2) is 0 Å². The standard InChI is InChI=1S/C22H20N2O5S.Na/c1-22(13-29-17(25)11-14-7-3-2-4-8-14)18(21(27)28)24-19(26)16(20(24)30-22)12-15-9-5-6-10-23-15;/h2-10,12,18,20H,11,13H2,1H3,(H,27,28);/q;+1/p-1/b16-12-;/t18-,20+,22-;/m0./s1. The van der Waals surface area contributed by atoms with Gasteiger partial charge < -0.3 is 19.5 Å². The Kier molecular flexibility index (Phi) is 7.26. The summed E-state index contributed by atoms with van der Waals surface area (Å²) >= 11 is 1.29. The fraction of sp³-hybridized carbons (Fsp3) is 0.273. The van der Waals surface area contributed by atoms with Crippen molar-refractivity contribution in [1.82, 2.24) is 9.88 Å². The number of nitrogens with zero attached hydrogens (tertiary/aromatic N) is 2. The average molecular weight is 446 g/mol. The second kappa shape index (κ2) is 9.56. The molecule has 2 aliphatic heterocycles. The van der Waals surface area contributed by atoms with Gasteiger partial charge in [0.1, 0.15) is 12.0 Å². The molecule has 1 aromatic carbocycles. The van der Waals surface area contributed by atoms with E-state index in [0.29, 0.717) is 11.3 Å². The first-order chi connectivity index (χ1) is 14.4. The number of carboxylic acid groups (broad SMARTS) is 1. The molecular formula is C22H19N2NaO5S. The van der Waals surface area contributed by atoms with Gasteiger partial charge in [0.25, 0.3) is 5.91 Å². The maximum Gasteiger partial charge on any atom is 1.00 e. The molecule has 0 saturated carbocycles. The summed E-state index contributed by atoms with van der Waals surface area (Å²) in [7, 11) is 0. The van der Waals surface area contributed by atoms with Gasteiger partial charge >= 0.3 is 35.5 Å². The number of hydrogen-bond acceptors (Lipinski definition) is 7. The fourth-order valence-electron chi connectivity index (χ4n) is 3.70. The van der Waals surface area contributed by atoms with Gasteiger partial charge in [-0.15, -0.1) is 11.8 Å². The molecule has 0 aliphatic carbocycles. The Morgan fingerprint density at radius 2 is 1.94 bits per heavy atom. The molecule has 0 bridgehead atoms. The van der Waals surface area contributed by atoms with Crippen LogP contribution < -0.4 is 34.7 Å². The van der Waals surface area contributed by atoms with Crippen LogP contribution in [0.5, 0.6) is 0 Å². The van der Waals surface area contributed by atoms with E-state index in [2.05, 4.69) is 4.98 Å². The molecule has 0 unspecified atom stereocenters. The Bertz CT molecular complexity index is 1020. The van der Waals surface area contributed by atoms with Gasteiger partial charge in [-0.1, -0.05) is 36.4 Å². The zero-order valence-electron chi connectivity index (χ0n) is 17.2. The number of aliphatic carboxylic acids is 1. The smallest absolute Gasteiger partial charge is 0.548 e. The summed E-state index contributed by atoms with van der Waals surface area (Å²) in [5, 5.41) is 11.4. The number of fused-ring (bicyclic) bond motifs is 1. The van der Waals surface area contributed by atoms with Crippen LogP contribution in [0.2, 0.25) is 0 Å². The van der Waals surface area contributed by atoms with Crippen LogP contribution in [0, 0.1) is 0 Å². The summed E-state index contributed by atoms with van der Waals surface area (Å²) in [5.74, 6) is -2.19. The molecular weight excluding hydrogens is 427 g/mol. The molecule has 2 aromatic rings. The predicted molar refractivity (Wildman–Crippen MR) is 109 cm³/mol. The van der Waals surface area contributed by atoms with E-state index < -0.39 is 28.1 Å². The minimum atomic E-state index is -1.36. The minimum absolute atomic E-state index is 0. The normalized spacial score (nSPS) is 25.4. The van der Waals surface area contributed by atoms with Crippen LogP contribution in [0.4, 0.5) is 0 Å². The van der Waals surface area contributed by atoms with E-state index in [-0.39, 0.29) is 48.5 Å². The summed E-state index contributed by atoms with van der Waals surface area (Å²) in [4.78, 5) is 42.2. The maximum absolute atomic E-state index is 12.6. The molecule has 2 fully saturated rings. The molecule has 1 aromatic heterocycles. The van der Waals surface area contributed by atoms with Gasteiger partial charge in [0.2, 0.25) is 0 Å².